The van der Waals surface area contributed by atoms with Crippen molar-refractivity contribution in [3.05, 3.63) is 83.4 Å². The van der Waals surface area contributed by atoms with Crippen LogP contribution in [0.4, 0.5) is 0 Å². The summed E-state index contributed by atoms with van der Waals surface area (Å²) in [5, 5.41) is 1.13. The van der Waals surface area contributed by atoms with Gasteiger partial charge in [0.25, 0.3) is 0 Å². The number of rotatable bonds is 2. The molecule has 0 aromatic heterocycles. The first kappa shape index (κ1) is 15.1. The molecule has 3 nitrogen and oxygen atoms in total. The molecule has 0 fully saturated rings. The molecule has 0 spiro atoms. The Hall–Kier alpha value is -3.20. The summed E-state index contributed by atoms with van der Waals surface area (Å²) >= 11 is 0. The van der Waals surface area contributed by atoms with Crippen molar-refractivity contribution < 1.29 is 0 Å². The molecule has 0 saturated carbocycles. The average molecular weight is 337 g/mol. The minimum absolute atomic E-state index is 0.779. The monoisotopic (exact) mass is 337 g/mol. The lowest BCUT2D eigenvalue weighted by molar-refractivity contribution is 0.815. The van der Waals surface area contributed by atoms with Gasteiger partial charge in [-0.3, -0.25) is 0 Å². The molecule has 3 heteroatoms. The average Bonchev–Trinajstić information content (AvgIpc) is 3.00. The van der Waals surface area contributed by atoms with Gasteiger partial charge in [-0.15, -0.1) is 0 Å². The van der Waals surface area contributed by atoms with Gasteiger partial charge in [0, 0.05) is 11.9 Å². The molecule has 0 bridgehead atoms. The molecule has 0 atom stereocenters. The van der Waals surface area contributed by atoms with Crippen LogP contribution in [0.5, 0.6) is 0 Å². The number of hydrogen-bond acceptors (Lipinski definition) is 2. The summed E-state index contributed by atoms with van der Waals surface area (Å²) in [6.07, 6.45) is 0. The minimum atomic E-state index is 0.779. The van der Waals surface area contributed by atoms with Gasteiger partial charge in [0.05, 0.1) is 16.6 Å². The molecular formula is C23H19N3. The van der Waals surface area contributed by atoms with E-state index in [1.807, 2.05) is 0 Å². The summed E-state index contributed by atoms with van der Waals surface area (Å²) in [6, 6.07) is 23.4. The van der Waals surface area contributed by atoms with Gasteiger partial charge >= 0.3 is 0 Å². The fourth-order valence-electron chi connectivity index (χ4n) is 3.63. The van der Waals surface area contributed by atoms with Crippen molar-refractivity contribution >= 4 is 21.9 Å². The summed E-state index contributed by atoms with van der Waals surface area (Å²) < 4.78 is 2.29. The van der Waals surface area contributed by atoms with E-state index in [2.05, 4.69) is 85.1 Å². The Labute approximate surface area is 152 Å². The molecule has 0 aliphatic carbocycles. The van der Waals surface area contributed by atoms with Crippen LogP contribution in [0.1, 0.15) is 16.7 Å². The van der Waals surface area contributed by atoms with Crippen LogP contribution in [-0.2, 0) is 6.54 Å². The van der Waals surface area contributed by atoms with E-state index in [1.165, 1.54) is 16.7 Å². The molecule has 3 aromatic carbocycles. The number of aryl methyl sites for hydroxylation is 2. The molecule has 0 N–H and O–H groups in total. The maximum absolute atomic E-state index is 4.99. The molecule has 5 rings (SSSR count). The SMILES string of the molecule is Cc1ccc2c(c1)nc1c3cc(C)ccc3nc-1n2Cc1ccccc1. The topological polar surface area (TPSA) is 30.7 Å². The highest BCUT2D eigenvalue weighted by Crippen LogP contribution is 2.33. The van der Waals surface area contributed by atoms with E-state index in [0.717, 1.165) is 40.0 Å². The third-order valence-electron chi connectivity index (χ3n) is 4.94. The third kappa shape index (κ3) is 2.36. The van der Waals surface area contributed by atoms with Crippen molar-refractivity contribution in [2.45, 2.75) is 20.4 Å². The molecule has 0 amide bonds. The van der Waals surface area contributed by atoms with Crippen molar-refractivity contribution in [3.63, 3.8) is 0 Å². The highest BCUT2D eigenvalue weighted by molar-refractivity contribution is 5.97. The van der Waals surface area contributed by atoms with Crippen LogP contribution < -0.4 is 0 Å². The first-order chi connectivity index (χ1) is 12.7. The molecular weight excluding hydrogens is 318 g/mol. The first-order valence-corrected chi connectivity index (χ1v) is 8.90. The Bertz CT molecular complexity index is 1220. The lowest BCUT2D eigenvalue weighted by Crippen LogP contribution is -2.08. The van der Waals surface area contributed by atoms with Crippen molar-refractivity contribution in [2.75, 3.05) is 0 Å². The summed E-state index contributed by atoms with van der Waals surface area (Å²) in [7, 11) is 0. The highest BCUT2D eigenvalue weighted by Gasteiger charge is 2.20. The molecule has 2 aliphatic rings. The van der Waals surface area contributed by atoms with Crippen LogP contribution in [0.25, 0.3) is 33.5 Å². The maximum atomic E-state index is 4.99. The Morgan fingerprint density at radius 3 is 2.38 bits per heavy atom. The minimum Gasteiger partial charge on any atom is -0.318 e. The van der Waals surface area contributed by atoms with Crippen LogP contribution >= 0.6 is 0 Å². The van der Waals surface area contributed by atoms with Crippen LogP contribution in [0, 0.1) is 13.8 Å². The largest absolute Gasteiger partial charge is 0.318 e. The number of fused-ring (bicyclic) bond motifs is 4. The number of aromatic nitrogens is 3. The van der Waals surface area contributed by atoms with E-state index in [9.17, 15) is 0 Å². The zero-order valence-electron chi connectivity index (χ0n) is 14.9. The molecule has 126 valence electrons. The van der Waals surface area contributed by atoms with Crippen molar-refractivity contribution in [1.82, 2.24) is 14.5 Å². The number of nitrogens with zero attached hydrogens (tertiary/aromatic N) is 3. The zero-order chi connectivity index (χ0) is 17.7. The van der Waals surface area contributed by atoms with E-state index < -0.39 is 0 Å². The molecule has 0 radical (unpaired) electrons. The summed E-state index contributed by atoms with van der Waals surface area (Å²) in [4.78, 5) is 9.91. The quantitative estimate of drug-likeness (QED) is 0.434. The standard InChI is InChI=1S/C23H19N3/c1-15-8-10-19-18(12-15)22-23(25-19)26(14-17-6-4-3-5-7-17)21-11-9-16(2)13-20(21)24-22/h3-13H,14H2,1-2H3. The van der Waals surface area contributed by atoms with Crippen LogP contribution in [0.3, 0.4) is 0 Å². The zero-order valence-corrected chi connectivity index (χ0v) is 14.9. The fourth-order valence-corrected chi connectivity index (χ4v) is 3.63. The molecule has 0 saturated heterocycles. The van der Waals surface area contributed by atoms with Crippen LogP contribution in [-0.4, -0.2) is 14.5 Å². The van der Waals surface area contributed by atoms with Gasteiger partial charge in [-0.25, -0.2) is 9.97 Å². The van der Waals surface area contributed by atoms with Gasteiger partial charge in [0.15, 0.2) is 5.82 Å². The van der Waals surface area contributed by atoms with Crippen LogP contribution in [0.15, 0.2) is 66.7 Å². The maximum Gasteiger partial charge on any atom is 0.160 e. The van der Waals surface area contributed by atoms with E-state index in [1.54, 1.807) is 0 Å². The third-order valence-corrected chi connectivity index (χ3v) is 4.94. The molecule has 26 heavy (non-hydrogen) atoms. The molecule has 2 aliphatic heterocycles. The van der Waals surface area contributed by atoms with E-state index >= 15 is 0 Å². The summed E-state index contributed by atoms with van der Waals surface area (Å²) in [6.45, 7) is 5.00. The number of benzene rings is 3. The van der Waals surface area contributed by atoms with E-state index in [4.69, 9.17) is 9.97 Å². The highest BCUT2D eigenvalue weighted by atomic mass is 15.1. The Morgan fingerprint density at radius 1 is 0.769 bits per heavy atom. The van der Waals surface area contributed by atoms with Gasteiger partial charge in [-0.1, -0.05) is 48.0 Å². The lowest BCUT2D eigenvalue weighted by Gasteiger charge is -2.16. The van der Waals surface area contributed by atoms with Gasteiger partial charge in [0.2, 0.25) is 0 Å². The smallest absolute Gasteiger partial charge is 0.160 e. The van der Waals surface area contributed by atoms with Crippen molar-refractivity contribution in [2.24, 2.45) is 0 Å². The van der Waals surface area contributed by atoms with Gasteiger partial charge in [-0.05, 0) is 49.2 Å². The predicted molar refractivity (Wildman–Crippen MR) is 107 cm³/mol. The van der Waals surface area contributed by atoms with Gasteiger partial charge in [-0.2, -0.15) is 0 Å². The Balaban J connectivity index is 1.86. The van der Waals surface area contributed by atoms with Crippen molar-refractivity contribution in [3.8, 4) is 11.5 Å². The summed E-state index contributed by atoms with van der Waals surface area (Å²) in [5.74, 6) is 0.950. The normalized spacial score (nSPS) is 11.6. The summed E-state index contributed by atoms with van der Waals surface area (Å²) in [5.41, 5.74) is 7.83. The van der Waals surface area contributed by atoms with Crippen molar-refractivity contribution in [1.29, 1.82) is 0 Å². The van der Waals surface area contributed by atoms with E-state index in [-0.39, 0.29) is 0 Å². The fraction of sp³-hybridized carbons (Fsp3) is 0.130. The second-order valence-electron chi connectivity index (χ2n) is 6.98. The van der Waals surface area contributed by atoms with Gasteiger partial charge in [0.1, 0.15) is 5.69 Å². The molecule has 2 heterocycles. The van der Waals surface area contributed by atoms with Gasteiger partial charge < -0.3 is 4.57 Å². The first-order valence-electron chi connectivity index (χ1n) is 8.90. The second-order valence-corrected chi connectivity index (χ2v) is 6.98. The molecule has 3 aromatic rings. The Kier molecular flexibility index (Phi) is 3.29. The molecule has 0 unspecified atom stereocenters. The number of hydrogen-bond donors (Lipinski definition) is 0. The Morgan fingerprint density at radius 2 is 1.54 bits per heavy atom. The second kappa shape index (κ2) is 5.67. The van der Waals surface area contributed by atoms with Crippen LogP contribution in [0.2, 0.25) is 0 Å². The predicted octanol–water partition coefficient (Wildman–Crippen LogP) is 5.35. The lowest BCUT2D eigenvalue weighted by atomic mass is 10.1. The van der Waals surface area contributed by atoms with E-state index in [0.29, 0.717) is 0 Å².